The summed E-state index contributed by atoms with van der Waals surface area (Å²) < 4.78 is 28.4. The molecule has 0 atom stereocenters. The second-order valence-corrected chi connectivity index (χ2v) is 8.50. The summed E-state index contributed by atoms with van der Waals surface area (Å²) in [6, 6.07) is 16.3. The van der Waals surface area contributed by atoms with Crippen molar-refractivity contribution in [2.75, 3.05) is 28.0 Å². The van der Waals surface area contributed by atoms with Crippen LogP contribution in [-0.4, -0.2) is 38.2 Å². The minimum atomic E-state index is -3.55. The fraction of sp³-hybridized carbons (Fsp3) is 0.158. The number of nitrogens with zero attached hydrogens (tertiary/aromatic N) is 4. The van der Waals surface area contributed by atoms with Crippen LogP contribution in [0.1, 0.15) is 10.5 Å². The van der Waals surface area contributed by atoms with Gasteiger partial charge in [0.2, 0.25) is 0 Å². The van der Waals surface area contributed by atoms with Crippen LogP contribution in [0.4, 0.5) is 17.1 Å². The molecule has 2 aromatic carbocycles. The highest BCUT2D eigenvalue weighted by Crippen LogP contribution is 2.40. The summed E-state index contributed by atoms with van der Waals surface area (Å²) in [6.45, 7) is 0. The minimum Gasteiger partial charge on any atom is -0.321 e. The molecule has 0 fully saturated rings. The van der Waals surface area contributed by atoms with Gasteiger partial charge in [0, 0.05) is 32.4 Å². The second-order valence-electron chi connectivity index (χ2n) is 6.50. The Bertz CT molecular complexity index is 1170. The highest BCUT2D eigenvalue weighted by Gasteiger charge is 2.35. The number of hydrogen-bond donors (Lipinski definition) is 1. The van der Waals surface area contributed by atoms with Crippen molar-refractivity contribution in [3.8, 4) is 11.3 Å². The molecule has 8 nitrogen and oxygen atoms in total. The molecule has 1 aliphatic rings. The van der Waals surface area contributed by atoms with Crippen LogP contribution < -0.4 is 13.9 Å². The number of aromatic nitrogens is 2. The quantitative estimate of drug-likeness (QED) is 0.735. The van der Waals surface area contributed by atoms with Crippen molar-refractivity contribution in [1.82, 2.24) is 9.78 Å². The Morgan fingerprint density at radius 2 is 1.61 bits per heavy atom. The van der Waals surface area contributed by atoms with Gasteiger partial charge in [-0.25, -0.2) is 0 Å². The number of fused-ring (bicyclic) bond motifs is 1. The van der Waals surface area contributed by atoms with E-state index in [0.717, 1.165) is 5.56 Å². The van der Waals surface area contributed by atoms with E-state index in [1.54, 1.807) is 31.3 Å². The number of anilines is 3. The summed E-state index contributed by atoms with van der Waals surface area (Å²) in [4.78, 5) is 12.7. The van der Waals surface area contributed by atoms with Crippen LogP contribution in [0.15, 0.2) is 54.6 Å². The zero-order chi connectivity index (χ0) is 20.1. The van der Waals surface area contributed by atoms with Gasteiger partial charge in [-0.1, -0.05) is 30.3 Å². The molecule has 3 aromatic rings. The number of carbonyl (C=O) groups excluding carboxylic acids is 1. The van der Waals surface area contributed by atoms with E-state index in [9.17, 15) is 13.2 Å². The molecule has 0 bridgehead atoms. The zero-order valence-electron chi connectivity index (χ0n) is 15.6. The highest BCUT2D eigenvalue weighted by molar-refractivity contribution is 7.94. The topological polar surface area (TPSA) is 87.5 Å². The van der Waals surface area contributed by atoms with Crippen LogP contribution >= 0.6 is 0 Å². The molecule has 0 spiro atoms. The molecule has 0 saturated heterocycles. The van der Waals surface area contributed by atoms with Gasteiger partial charge in [-0.2, -0.15) is 13.5 Å². The number of carbonyl (C=O) groups is 1. The minimum absolute atomic E-state index is 0.325. The summed E-state index contributed by atoms with van der Waals surface area (Å²) in [5, 5.41) is 7.22. The van der Waals surface area contributed by atoms with Gasteiger partial charge in [0.05, 0.1) is 17.1 Å². The van der Waals surface area contributed by atoms with Crippen LogP contribution in [0.5, 0.6) is 0 Å². The molecule has 0 aliphatic carbocycles. The van der Waals surface area contributed by atoms with Crippen molar-refractivity contribution < 1.29 is 13.2 Å². The Hall–Kier alpha value is -3.33. The number of amides is 1. The first-order valence-electron chi connectivity index (χ1n) is 8.56. The van der Waals surface area contributed by atoms with Crippen LogP contribution in [0.2, 0.25) is 0 Å². The van der Waals surface area contributed by atoms with Gasteiger partial charge in [0.15, 0.2) is 0 Å². The lowest BCUT2D eigenvalue weighted by Crippen LogP contribution is -2.32. The first-order valence-corrected chi connectivity index (χ1v) is 9.96. The van der Waals surface area contributed by atoms with E-state index >= 15 is 0 Å². The maximum atomic E-state index is 12.7. The van der Waals surface area contributed by atoms with Crippen molar-refractivity contribution in [3.05, 3.63) is 60.3 Å². The fourth-order valence-corrected chi connectivity index (χ4v) is 4.34. The van der Waals surface area contributed by atoms with Gasteiger partial charge in [0.25, 0.3) is 5.91 Å². The molecule has 1 aliphatic heterocycles. The molecule has 1 amide bonds. The average Bonchev–Trinajstić information content (AvgIpc) is 3.15. The molecule has 0 unspecified atom stereocenters. The lowest BCUT2D eigenvalue weighted by atomic mass is 10.1. The van der Waals surface area contributed by atoms with Gasteiger partial charge in [0.1, 0.15) is 5.69 Å². The Morgan fingerprint density at radius 3 is 2.32 bits per heavy atom. The summed E-state index contributed by atoms with van der Waals surface area (Å²) in [6.07, 6.45) is 0. The monoisotopic (exact) mass is 397 g/mol. The number of rotatable bonds is 3. The molecule has 9 heteroatoms. The SMILES string of the molecule is CN1c2ccc(NC(=O)c3cc(-c4ccccc4)nn3C)cc2N(C)S1(=O)=O. The Kier molecular flexibility index (Phi) is 4.11. The number of hydrogen-bond acceptors (Lipinski definition) is 4. The van der Waals surface area contributed by atoms with Crippen LogP contribution in [0.3, 0.4) is 0 Å². The van der Waals surface area contributed by atoms with Crippen LogP contribution in [-0.2, 0) is 17.3 Å². The third-order valence-electron chi connectivity index (χ3n) is 4.79. The Labute approximate surface area is 163 Å². The lowest BCUT2D eigenvalue weighted by molar-refractivity contribution is 0.101. The Morgan fingerprint density at radius 1 is 0.929 bits per heavy atom. The zero-order valence-corrected chi connectivity index (χ0v) is 16.4. The lowest BCUT2D eigenvalue weighted by Gasteiger charge is -2.13. The third-order valence-corrected chi connectivity index (χ3v) is 6.56. The summed E-state index contributed by atoms with van der Waals surface area (Å²) in [7, 11) is 1.13. The maximum Gasteiger partial charge on any atom is 0.326 e. The Balaban J connectivity index is 1.61. The van der Waals surface area contributed by atoms with E-state index in [0.29, 0.717) is 28.5 Å². The summed E-state index contributed by atoms with van der Waals surface area (Å²) in [5.41, 5.74) is 3.60. The van der Waals surface area contributed by atoms with Gasteiger partial charge in [-0.15, -0.1) is 0 Å². The maximum absolute atomic E-state index is 12.7. The van der Waals surface area contributed by atoms with E-state index in [2.05, 4.69) is 10.4 Å². The number of aryl methyl sites for hydroxylation is 1. The smallest absolute Gasteiger partial charge is 0.321 e. The summed E-state index contributed by atoms with van der Waals surface area (Å²) >= 11 is 0. The molecule has 2 heterocycles. The van der Waals surface area contributed by atoms with E-state index in [1.807, 2.05) is 30.3 Å². The van der Waals surface area contributed by atoms with E-state index in [-0.39, 0.29) is 5.91 Å². The highest BCUT2D eigenvalue weighted by atomic mass is 32.2. The standard InChI is InChI=1S/C19H19N5O3S/c1-22-18(12-15(21-22)13-7-5-4-6-8-13)19(25)20-14-9-10-16-17(11-14)24(3)28(26,27)23(16)2/h4-12H,1-3H3,(H,20,25). The number of nitrogens with one attached hydrogen (secondary N) is 1. The molecule has 28 heavy (non-hydrogen) atoms. The van der Waals surface area contributed by atoms with Crippen LogP contribution in [0.25, 0.3) is 11.3 Å². The third kappa shape index (κ3) is 2.80. The van der Waals surface area contributed by atoms with E-state index in [4.69, 9.17) is 0 Å². The normalized spacial score (nSPS) is 14.8. The van der Waals surface area contributed by atoms with E-state index in [1.165, 1.54) is 27.4 Å². The molecular weight excluding hydrogens is 378 g/mol. The van der Waals surface area contributed by atoms with Gasteiger partial charge in [-0.05, 0) is 24.3 Å². The van der Waals surface area contributed by atoms with Crippen molar-refractivity contribution in [2.45, 2.75) is 0 Å². The predicted molar refractivity (Wildman–Crippen MR) is 109 cm³/mol. The van der Waals surface area contributed by atoms with Crippen LogP contribution in [0, 0.1) is 0 Å². The molecule has 1 N–H and O–H groups in total. The second kappa shape index (κ2) is 6.38. The van der Waals surface area contributed by atoms with Crippen molar-refractivity contribution in [1.29, 1.82) is 0 Å². The van der Waals surface area contributed by atoms with Crippen molar-refractivity contribution >= 4 is 33.2 Å². The van der Waals surface area contributed by atoms with Gasteiger partial charge in [-0.3, -0.25) is 18.1 Å². The summed E-state index contributed by atoms with van der Waals surface area (Å²) in [5.74, 6) is -0.325. The van der Waals surface area contributed by atoms with E-state index < -0.39 is 10.2 Å². The van der Waals surface area contributed by atoms with Gasteiger partial charge >= 0.3 is 10.2 Å². The van der Waals surface area contributed by atoms with Crippen molar-refractivity contribution in [3.63, 3.8) is 0 Å². The fourth-order valence-electron chi connectivity index (χ4n) is 3.18. The first kappa shape index (κ1) is 18.1. The number of benzene rings is 2. The molecule has 0 radical (unpaired) electrons. The molecule has 0 saturated carbocycles. The van der Waals surface area contributed by atoms with Crippen molar-refractivity contribution in [2.24, 2.45) is 7.05 Å². The molecule has 144 valence electrons. The predicted octanol–water partition coefficient (Wildman–Crippen LogP) is 2.47. The molecule has 1 aromatic heterocycles. The largest absolute Gasteiger partial charge is 0.326 e. The molecule has 4 rings (SSSR count). The van der Waals surface area contributed by atoms with Gasteiger partial charge < -0.3 is 5.32 Å². The molecular formula is C19H19N5O3S. The first-order chi connectivity index (χ1) is 13.3. The average molecular weight is 397 g/mol.